The second kappa shape index (κ2) is 6.96. The van der Waals surface area contributed by atoms with Gasteiger partial charge in [0.1, 0.15) is 11.5 Å². The maximum absolute atomic E-state index is 13.2. The fraction of sp³-hybridized carbons (Fsp3) is 0.227. The van der Waals surface area contributed by atoms with Crippen molar-refractivity contribution in [2.45, 2.75) is 33.7 Å². The Morgan fingerprint density at radius 2 is 1.86 bits per heavy atom. The van der Waals surface area contributed by atoms with E-state index < -0.39 is 0 Å². The van der Waals surface area contributed by atoms with Gasteiger partial charge in [0.25, 0.3) is 11.6 Å². The Bertz CT molecular complexity index is 1160. The largest absolute Gasteiger partial charge is 0.466 e. The number of fused-ring (bicyclic) bond motifs is 1. The number of rotatable bonds is 4. The summed E-state index contributed by atoms with van der Waals surface area (Å²) in [7, 11) is 0. The van der Waals surface area contributed by atoms with Gasteiger partial charge in [-0.3, -0.25) is 4.79 Å². The van der Waals surface area contributed by atoms with Gasteiger partial charge >= 0.3 is 0 Å². The van der Waals surface area contributed by atoms with Gasteiger partial charge in [-0.05, 0) is 39.8 Å². The zero-order chi connectivity index (χ0) is 19.8. The fourth-order valence-electron chi connectivity index (χ4n) is 3.46. The van der Waals surface area contributed by atoms with Crippen molar-refractivity contribution >= 4 is 17.0 Å². The van der Waals surface area contributed by atoms with Crippen LogP contribution in [-0.2, 0) is 0 Å². The molecule has 1 N–H and O–H groups in total. The molecule has 28 heavy (non-hydrogen) atoms. The van der Waals surface area contributed by atoms with Crippen molar-refractivity contribution in [1.82, 2.24) is 15.5 Å². The molecule has 1 aromatic carbocycles. The SMILES string of the molecule is Cc1cc(C(C)NC(=O)c2cc(-c3ccccc3)nc3onc(C)c23)c(C)o1. The van der Waals surface area contributed by atoms with Crippen LogP contribution in [0, 0.1) is 20.8 Å². The van der Waals surface area contributed by atoms with Crippen molar-refractivity contribution in [2.75, 3.05) is 0 Å². The van der Waals surface area contributed by atoms with Crippen molar-refractivity contribution in [3.8, 4) is 11.3 Å². The molecule has 4 rings (SSSR count). The summed E-state index contributed by atoms with van der Waals surface area (Å²) < 4.78 is 10.9. The van der Waals surface area contributed by atoms with Crippen LogP contribution >= 0.6 is 0 Å². The quantitative estimate of drug-likeness (QED) is 0.549. The molecule has 142 valence electrons. The molecule has 0 aliphatic heterocycles. The maximum atomic E-state index is 13.2. The number of nitrogens with one attached hydrogen (secondary N) is 1. The minimum atomic E-state index is -0.207. The lowest BCUT2D eigenvalue weighted by Gasteiger charge is -2.14. The molecule has 1 atom stereocenters. The smallest absolute Gasteiger partial charge is 0.259 e. The van der Waals surface area contributed by atoms with Crippen molar-refractivity contribution in [3.63, 3.8) is 0 Å². The van der Waals surface area contributed by atoms with Crippen LogP contribution in [0.2, 0.25) is 0 Å². The first-order chi connectivity index (χ1) is 13.4. The third-order valence-corrected chi connectivity index (χ3v) is 4.82. The van der Waals surface area contributed by atoms with Crippen LogP contribution in [0.3, 0.4) is 0 Å². The van der Waals surface area contributed by atoms with Gasteiger partial charge in [-0.1, -0.05) is 35.5 Å². The lowest BCUT2D eigenvalue weighted by Crippen LogP contribution is -2.27. The molecule has 6 heteroatoms. The second-order valence-corrected chi connectivity index (χ2v) is 6.93. The number of hydrogen-bond acceptors (Lipinski definition) is 5. The summed E-state index contributed by atoms with van der Waals surface area (Å²) in [6.45, 7) is 7.53. The number of amides is 1. The van der Waals surface area contributed by atoms with Crippen molar-refractivity contribution in [3.05, 3.63) is 70.8 Å². The fourth-order valence-corrected chi connectivity index (χ4v) is 3.46. The Morgan fingerprint density at radius 3 is 2.54 bits per heavy atom. The molecule has 3 heterocycles. The molecular formula is C22H21N3O3. The Morgan fingerprint density at radius 1 is 1.11 bits per heavy atom. The van der Waals surface area contributed by atoms with Gasteiger partial charge in [-0.25, -0.2) is 4.98 Å². The number of nitrogens with zero attached hydrogens (tertiary/aromatic N) is 2. The summed E-state index contributed by atoms with van der Waals surface area (Å²) in [6, 6.07) is 13.2. The van der Waals surface area contributed by atoms with Crippen LogP contribution in [0.4, 0.5) is 0 Å². The molecule has 6 nitrogen and oxygen atoms in total. The monoisotopic (exact) mass is 375 g/mol. The molecule has 1 unspecified atom stereocenters. The minimum Gasteiger partial charge on any atom is -0.466 e. The highest BCUT2D eigenvalue weighted by molar-refractivity contribution is 6.07. The maximum Gasteiger partial charge on any atom is 0.259 e. The topological polar surface area (TPSA) is 81.2 Å². The van der Waals surface area contributed by atoms with E-state index in [-0.39, 0.29) is 11.9 Å². The average Bonchev–Trinajstić information content (AvgIpc) is 3.23. The molecule has 0 aliphatic carbocycles. The van der Waals surface area contributed by atoms with Crippen molar-refractivity contribution in [2.24, 2.45) is 0 Å². The molecule has 3 aromatic heterocycles. The van der Waals surface area contributed by atoms with E-state index >= 15 is 0 Å². The van der Waals surface area contributed by atoms with Gasteiger partial charge in [0.05, 0.1) is 28.4 Å². The first-order valence-electron chi connectivity index (χ1n) is 9.14. The summed E-state index contributed by atoms with van der Waals surface area (Å²) in [5, 5.41) is 7.68. The third kappa shape index (κ3) is 3.17. The van der Waals surface area contributed by atoms with Crippen LogP contribution in [0.15, 0.2) is 51.4 Å². The van der Waals surface area contributed by atoms with Crippen molar-refractivity contribution < 1.29 is 13.7 Å². The molecule has 0 spiro atoms. The summed E-state index contributed by atoms with van der Waals surface area (Å²) in [5.41, 5.74) is 4.01. The van der Waals surface area contributed by atoms with E-state index in [0.29, 0.717) is 28.1 Å². The van der Waals surface area contributed by atoms with E-state index in [1.807, 2.05) is 57.2 Å². The van der Waals surface area contributed by atoms with E-state index in [4.69, 9.17) is 8.94 Å². The van der Waals surface area contributed by atoms with Crippen LogP contribution in [0.1, 0.15) is 46.1 Å². The number of pyridine rings is 1. The predicted molar refractivity (Wildman–Crippen MR) is 106 cm³/mol. The van der Waals surface area contributed by atoms with E-state index in [1.165, 1.54) is 0 Å². The van der Waals surface area contributed by atoms with E-state index in [9.17, 15) is 4.79 Å². The predicted octanol–water partition coefficient (Wildman–Crippen LogP) is 4.90. The summed E-state index contributed by atoms with van der Waals surface area (Å²) in [6.07, 6.45) is 0. The molecule has 0 saturated heterocycles. The summed E-state index contributed by atoms with van der Waals surface area (Å²) in [5.74, 6) is 1.42. The van der Waals surface area contributed by atoms with Crippen LogP contribution in [0.25, 0.3) is 22.4 Å². The third-order valence-electron chi connectivity index (χ3n) is 4.82. The Hall–Kier alpha value is -3.41. The van der Waals surface area contributed by atoms with Gasteiger partial charge in [0.2, 0.25) is 0 Å². The Labute approximate surface area is 162 Å². The summed E-state index contributed by atoms with van der Waals surface area (Å²) in [4.78, 5) is 17.7. The molecule has 0 aliphatic rings. The molecule has 4 aromatic rings. The van der Waals surface area contributed by atoms with Gasteiger partial charge in [0.15, 0.2) is 0 Å². The number of hydrogen-bond donors (Lipinski definition) is 1. The average molecular weight is 375 g/mol. The first kappa shape index (κ1) is 18.0. The number of aromatic nitrogens is 2. The summed E-state index contributed by atoms with van der Waals surface area (Å²) >= 11 is 0. The number of aryl methyl sites for hydroxylation is 3. The van der Waals surface area contributed by atoms with E-state index in [0.717, 1.165) is 22.6 Å². The lowest BCUT2D eigenvalue weighted by molar-refractivity contribution is 0.0941. The highest BCUT2D eigenvalue weighted by Crippen LogP contribution is 2.28. The standard InChI is InChI=1S/C22H21N3O3/c1-12-10-17(15(4)27-12)13(2)23-21(26)18-11-19(16-8-6-5-7-9-16)24-22-20(18)14(3)25-28-22/h5-11,13H,1-4H3,(H,23,26). The molecule has 0 bridgehead atoms. The second-order valence-electron chi connectivity index (χ2n) is 6.93. The van der Waals surface area contributed by atoms with Gasteiger partial charge < -0.3 is 14.3 Å². The van der Waals surface area contributed by atoms with Crippen LogP contribution in [-0.4, -0.2) is 16.0 Å². The number of carbonyl (C=O) groups is 1. The zero-order valence-electron chi connectivity index (χ0n) is 16.2. The van der Waals surface area contributed by atoms with Gasteiger partial charge in [0, 0.05) is 11.1 Å². The van der Waals surface area contributed by atoms with E-state index in [2.05, 4.69) is 15.5 Å². The highest BCUT2D eigenvalue weighted by Gasteiger charge is 2.22. The van der Waals surface area contributed by atoms with Gasteiger partial charge in [-0.15, -0.1) is 0 Å². The van der Waals surface area contributed by atoms with Crippen LogP contribution < -0.4 is 5.32 Å². The molecular weight excluding hydrogens is 354 g/mol. The van der Waals surface area contributed by atoms with Crippen molar-refractivity contribution in [1.29, 1.82) is 0 Å². The molecule has 0 saturated carbocycles. The lowest BCUT2D eigenvalue weighted by atomic mass is 10.0. The molecule has 0 fully saturated rings. The highest BCUT2D eigenvalue weighted by atomic mass is 16.5. The number of benzene rings is 1. The first-order valence-corrected chi connectivity index (χ1v) is 9.14. The number of carbonyl (C=O) groups excluding carboxylic acids is 1. The van der Waals surface area contributed by atoms with E-state index in [1.54, 1.807) is 13.0 Å². The zero-order valence-corrected chi connectivity index (χ0v) is 16.2. The Balaban J connectivity index is 1.75. The van der Waals surface area contributed by atoms with Gasteiger partial charge in [-0.2, -0.15) is 0 Å². The molecule has 0 radical (unpaired) electrons. The number of furan rings is 1. The normalized spacial score (nSPS) is 12.3. The Kier molecular flexibility index (Phi) is 4.47. The minimum absolute atomic E-state index is 0.200. The molecule has 1 amide bonds. The van der Waals surface area contributed by atoms with Crippen LogP contribution in [0.5, 0.6) is 0 Å².